The Kier molecular flexibility index (Phi) is 6.43. The maximum absolute atomic E-state index is 12.5. The maximum Gasteiger partial charge on any atom is 0.273 e. The van der Waals surface area contributed by atoms with Crippen LogP contribution >= 0.6 is 0 Å². The van der Waals surface area contributed by atoms with Gasteiger partial charge in [-0.15, -0.1) is 0 Å². The lowest BCUT2D eigenvalue weighted by Crippen LogP contribution is -2.24. The van der Waals surface area contributed by atoms with Gasteiger partial charge in [-0.1, -0.05) is 13.0 Å². The number of anilines is 1. The minimum absolute atomic E-state index is 0.0750. The van der Waals surface area contributed by atoms with Gasteiger partial charge in [-0.3, -0.25) is 19.7 Å². The quantitative estimate of drug-likeness (QED) is 0.438. The van der Waals surface area contributed by atoms with Crippen molar-refractivity contribution in [1.29, 1.82) is 0 Å². The molecule has 7 nitrogen and oxygen atoms in total. The number of nitro groups is 1. The van der Waals surface area contributed by atoms with Gasteiger partial charge in [-0.2, -0.15) is 0 Å². The highest BCUT2D eigenvalue weighted by atomic mass is 16.6. The Morgan fingerprint density at radius 1 is 1.19 bits per heavy atom. The fourth-order valence-corrected chi connectivity index (χ4v) is 2.33. The average Bonchev–Trinajstić information content (AvgIpc) is 2.62. The Hall–Kier alpha value is -3.22. The summed E-state index contributed by atoms with van der Waals surface area (Å²) in [6.07, 6.45) is 0.390. The topological polar surface area (TPSA) is 98.5 Å². The van der Waals surface area contributed by atoms with Crippen molar-refractivity contribution in [3.63, 3.8) is 0 Å². The molecular weight excluding hydrogens is 336 g/mol. The van der Waals surface area contributed by atoms with E-state index >= 15 is 0 Å². The van der Waals surface area contributed by atoms with Crippen molar-refractivity contribution in [3.8, 4) is 5.75 Å². The van der Waals surface area contributed by atoms with E-state index in [1.54, 1.807) is 37.3 Å². The van der Waals surface area contributed by atoms with E-state index in [1.807, 2.05) is 6.92 Å². The maximum atomic E-state index is 12.5. The lowest BCUT2D eigenvalue weighted by molar-refractivity contribution is -0.384. The van der Waals surface area contributed by atoms with E-state index < -0.39 is 11.0 Å². The molecule has 0 heterocycles. The number of carbonyl (C=O) groups is 2. The van der Waals surface area contributed by atoms with Gasteiger partial charge in [0.05, 0.1) is 11.0 Å². The van der Waals surface area contributed by atoms with Gasteiger partial charge in [0.2, 0.25) is 11.7 Å². The van der Waals surface area contributed by atoms with E-state index in [9.17, 15) is 19.7 Å². The number of hydrogen-bond acceptors (Lipinski definition) is 5. The summed E-state index contributed by atoms with van der Waals surface area (Å²) in [4.78, 5) is 34.3. The van der Waals surface area contributed by atoms with Crippen molar-refractivity contribution < 1.29 is 19.2 Å². The summed E-state index contributed by atoms with van der Waals surface area (Å²) >= 11 is 0. The molecule has 2 rings (SSSR count). The lowest BCUT2D eigenvalue weighted by atomic mass is 10.1. The molecule has 0 aliphatic carbocycles. The van der Waals surface area contributed by atoms with Gasteiger partial charge in [0.15, 0.2) is 6.10 Å². The molecule has 0 aliphatic rings. The van der Waals surface area contributed by atoms with Crippen molar-refractivity contribution >= 4 is 23.1 Å². The molecule has 2 aromatic carbocycles. The van der Waals surface area contributed by atoms with Gasteiger partial charge < -0.3 is 10.1 Å². The summed E-state index contributed by atoms with van der Waals surface area (Å²) in [7, 11) is 0. The van der Waals surface area contributed by atoms with Gasteiger partial charge in [-0.05, 0) is 43.7 Å². The highest BCUT2D eigenvalue weighted by Gasteiger charge is 2.18. The molecule has 0 saturated carbocycles. The number of ether oxygens (including phenoxy) is 1. The first-order valence-corrected chi connectivity index (χ1v) is 8.26. The number of nitrogens with zero attached hydrogens (tertiary/aromatic N) is 1. The highest BCUT2D eigenvalue weighted by molar-refractivity contribution is 6.00. The largest absolute Gasteiger partial charge is 0.482 e. The van der Waals surface area contributed by atoms with Crippen molar-refractivity contribution in [2.24, 2.45) is 0 Å². The zero-order chi connectivity index (χ0) is 19.1. The molecule has 0 spiro atoms. The van der Waals surface area contributed by atoms with E-state index in [4.69, 9.17) is 4.74 Å². The van der Waals surface area contributed by atoms with E-state index in [2.05, 4.69) is 5.32 Å². The predicted octanol–water partition coefficient (Wildman–Crippen LogP) is 3.98. The third-order valence-electron chi connectivity index (χ3n) is 3.64. The smallest absolute Gasteiger partial charge is 0.273 e. The van der Waals surface area contributed by atoms with Gasteiger partial charge in [0.25, 0.3) is 5.69 Å². The Bertz CT molecular complexity index is 802. The molecule has 1 N–H and O–H groups in total. The standard InChI is InChI=1S/C19H20N2O5/c1-3-5-18(22)20-15-10-8-14(9-11-15)19(23)13(2)26-17-7-4-6-16(12-17)21(24)25/h4,6-13H,3,5H2,1-2H3,(H,20,22)/t13-/m0/s1. The van der Waals surface area contributed by atoms with Crippen molar-refractivity contribution in [2.45, 2.75) is 32.8 Å². The Balaban J connectivity index is 2.02. The third kappa shape index (κ3) is 5.14. The van der Waals surface area contributed by atoms with Crippen LogP contribution in [0.2, 0.25) is 0 Å². The number of carbonyl (C=O) groups excluding carboxylic acids is 2. The van der Waals surface area contributed by atoms with E-state index in [0.29, 0.717) is 17.7 Å². The molecule has 26 heavy (non-hydrogen) atoms. The minimum atomic E-state index is -0.808. The van der Waals surface area contributed by atoms with Crippen LogP contribution in [0.3, 0.4) is 0 Å². The van der Waals surface area contributed by atoms with E-state index in [-0.39, 0.29) is 23.1 Å². The number of ketones is 1. The van der Waals surface area contributed by atoms with Crippen LogP contribution in [0.25, 0.3) is 0 Å². The van der Waals surface area contributed by atoms with E-state index in [1.165, 1.54) is 18.2 Å². The normalized spacial score (nSPS) is 11.5. The Labute approximate surface area is 151 Å². The Morgan fingerprint density at radius 2 is 1.88 bits per heavy atom. The molecule has 0 saturated heterocycles. The minimum Gasteiger partial charge on any atom is -0.482 e. The fraction of sp³-hybridized carbons (Fsp3) is 0.263. The molecule has 2 aromatic rings. The summed E-state index contributed by atoms with van der Waals surface area (Å²) in [5.74, 6) is -0.0830. The summed E-state index contributed by atoms with van der Waals surface area (Å²) in [6.45, 7) is 3.50. The van der Waals surface area contributed by atoms with Crippen molar-refractivity contribution in [3.05, 3.63) is 64.2 Å². The van der Waals surface area contributed by atoms with Crippen LogP contribution in [0.5, 0.6) is 5.75 Å². The van der Waals surface area contributed by atoms with Crippen LogP contribution < -0.4 is 10.1 Å². The van der Waals surface area contributed by atoms with Crippen LogP contribution in [0.4, 0.5) is 11.4 Å². The number of nitrogens with one attached hydrogen (secondary N) is 1. The number of non-ortho nitro benzene ring substituents is 1. The highest BCUT2D eigenvalue weighted by Crippen LogP contribution is 2.21. The number of rotatable bonds is 8. The first-order valence-electron chi connectivity index (χ1n) is 8.26. The summed E-state index contributed by atoms with van der Waals surface area (Å²) < 4.78 is 5.52. The summed E-state index contributed by atoms with van der Waals surface area (Å²) in [6, 6.07) is 12.2. The zero-order valence-electron chi connectivity index (χ0n) is 14.6. The molecule has 0 bridgehead atoms. The molecular formula is C19H20N2O5. The van der Waals surface area contributed by atoms with Gasteiger partial charge in [0, 0.05) is 23.7 Å². The number of Topliss-reactive ketones (excluding diaryl/α,β-unsaturated/α-hetero) is 1. The predicted molar refractivity (Wildman–Crippen MR) is 97.5 cm³/mol. The first kappa shape index (κ1) is 19.1. The van der Waals surface area contributed by atoms with Gasteiger partial charge in [-0.25, -0.2) is 0 Å². The molecule has 136 valence electrons. The van der Waals surface area contributed by atoms with Crippen LogP contribution in [0.1, 0.15) is 37.0 Å². The van der Waals surface area contributed by atoms with Gasteiger partial charge in [0.1, 0.15) is 5.75 Å². The second kappa shape index (κ2) is 8.75. The second-order valence-corrected chi connectivity index (χ2v) is 5.75. The van der Waals surface area contributed by atoms with Crippen LogP contribution in [-0.2, 0) is 4.79 Å². The molecule has 0 aliphatic heterocycles. The van der Waals surface area contributed by atoms with Crippen LogP contribution in [0.15, 0.2) is 48.5 Å². The van der Waals surface area contributed by atoms with Crippen molar-refractivity contribution in [1.82, 2.24) is 0 Å². The fourth-order valence-electron chi connectivity index (χ4n) is 2.33. The SMILES string of the molecule is CCCC(=O)Nc1ccc(C(=O)[C@H](C)Oc2cccc([N+](=O)[O-])c2)cc1. The molecule has 0 radical (unpaired) electrons. The summed E-state index contributed by atoms with van der Waals surface area (Å²) in [5, 5.41) is 13.5. The third-order valence-corrected chi connectivity index (χ3v) is 3.64. The molecule has 1 atom stereocenters. The monoisotopic (exact) mass is 356 g/mol. The number of nitro benzene ring substituents is 1. The molecule has 0 aromatic heterocycles. The Morgan fingerprint density at radius 3 is 2.50 bits per heavy atom. The molecule has 7 heteroatoms. The van der Waals surface area contributed by atoms with Gasteiger partial charge >= 0.3 is 0 Å². The number of amides is 1. The summed E-state index contributed by atoms with van der Waals surface area (Å²) in [5.41, 5.74) is 0.943. The molecule has 1 amide bonds. The second-order valence-electron chi connectivity index (χ2n) is 5.75. The number of hydrogen-bond donors (Lipinski definition) is 1. The van der Waals surface area contributed by atoms with E-state index in [0.717, 1.165) is 6.42 Å². The molecule has 0 fully saturated rings. The average molecular weight is 356 g/mol. The zero-order valence-corrected chi connectivity index (χ0v) is 14.6. The lowest BCUT2D eigenvalue weighted by Gasteiger charge is -2.14. The molecule has 0 unspecified atom stereocenters. The van der Waals surface area contributed by atoms with Crippen LogP contribution in [-0.4, -0.2) is 22.7 Å². The first-order chi connectivity index (χ1) is 12.4. The van der Waals surface area contributed by atoms with Crippen LogP contribution in [0, 0.1) is 10.1 Å². The number of benzene rings is 2. The van der Waals surface area contributed by atoms with Crippen molar-refractivity contribution in [2.75, 3.05) is 5.32 Å².